The molecule has 0 bridgehead atoms. The van der Waals surface area contributed by atoms with Crippen LogP contribution in [0.5, 0.6) is 0 Å². The molecule has 0 aliphatic carbocycles. The number of imidazole rings is 1. The Labute approximate surface area is 74.0 Å². The van der Waals surface area contributed by atoms with Gasteiger partial charge in [-0.25, -0.2) is 15.0 Å². The Morgan fingerprint density at radius 1 is 1.33 bits per heavy atom. The number of fused-ring (bicyclic) bond motifs is 1. The van der Waals surface area contributed by atoms with Gasteiger partial charge in [-0.1, -0.05) is 0 Å². The van der Waals surface area contributed by atoms with Crippen LogP contribution in [0.3, 0.4) is 0 Å². The van der Waals surface area contributed by atoms with Crippen LogP contribution in [-0.4, -0.2) is 25.8 Å². The minimum Gasteiger partial charge on any atom is -0.318 e. The van der Waals surface area contributed by atoms with Crippen LogP contribution in [0.1, 0.15) is 0 Å². The van der Waals surface area contributed by atoms with E-state index in [0.717, 1.165) is 16.2 Å². The third kappa shape index (κ3) is 0.972. The fourth-order valence-corrected chi connectivity index (χ4v) is 1.56. The number of aromatic nitrogens is 4. The Morgan fingerprint density at radius 2 is 2.17 bits per heavy atom. The molecule has 12 heavy (non-hydrogen) atoms. The number of hydrogen-bond donors (Lipinski definition) is 0. The number of hydrogen-bond acceptors (Lipinski definition) is 4. The minimum atomic E-state index is 0.882. The maximum absolute atomic E-state index is 4.21. The average Bonchev–Trinajstić information content (AvgIpc) is 2.48. The molecule has 0 fully saturated rings. The molecule has 2 rings (SSSR count). The molecule has 2 aromatic rings. The fraction of sp³-hybridized carbons (Fsp3) is 0.286. The third-order valence-corrected chi connectivity index (χ3v) is 2.34. The molecule has 0 radical (unpaired) electrons. The van der Waals surface area contributed by atoms with Crippen LogP contribution in [0.2, 0.25) is 0 Å². The first-order valence-corrected chi connectivity index (χ1v) is 4.71. The van der Waals surface area contributed by atoms with Gasteiger partial charge in [-0.05, 0) is 6.26 Å². The van der Waals surface area contributed by atoms with Crippen LogP contribution in [0.4, 0.5) is 0 Å². The maximum atomic E-state index is 4.21. The first kappa shape index (κ1) is 7.54. The van der Waals surface area contributed by atoms with Gasteiger partial charge in [0.25, 0.3) is 0 Å². The van der Waals surface area contributed by atoms with Crippen molar-refractivity contribution in [3.63, 3.8) is 0 Å². The Bertz CT molecular complexity index is 409. The van der Waals surface area contributed by atoms with Gasteiger partial charge in [-0.2, -0.15) is 0 Å². The molecule has 2 heterocycles. The summed E-state index contributed by atoms with van der Waals surface area (Å²) in [7, 11) is 1.92. The summed E-state index contributed by atoms with van der Waals surface area (Å²) >= 11 is 1.58. The van der Waals surface area contributed by atoms with Crippen molar-refractivity contribution >= 4 is 22.9 Å². The second kappa shape index (κ2) is 2.75. The lowest BCUT2D eigenvalue weighted by molar-refractivity contribution is 0.925. The smallest absolute Gasteiger partial charge is 0.164 e. The van der Waals surface area contributed by atoms with Crippen molar-refractivity contribution in [1.29, 1.82) is 0 Å². The molecule has 0 N–H and O–H groups in total. The van der Waals surface area contributed by atoms with E-state index in [-0.39, 0.29) is 0 Å². The highest BCUT2D eigenvalue weighted by molar-refractivity contribution is 7.98. The molecule has 0 spiro atoms. The molecule has 0 saturated heterocycles. The molecule has 0 saturated carbocycles. The Hall–Kier alpha value is -1.10. The van der Waals surface area contributed by atoms with Crippen LogP contribution in [0.25, 0.3) is 11.2 Å². The minimum absolute atomic E-state index is 0.882. The van der Waals surface area contributed by atoms with Crippen molar-refractivity contribution in [2.75, 3.05) is 6.26 Å². The third-order valence-electron chi connectivity index (χ3n) is 1.66. The molecule has 0 aliphatic rings. The summed E-state index contributed by atoms with van der Waals surface area (Å²) in [4.78, 5) is 12.4. The monoisotopic (exact) mass is 180 g/mol. The number of aryl methyl sites for hydroxylation is 1. The van der Waals surface area contributed by atoms with Crippen LogP contribution < -0.4 is 0 Å². The van der Waals surface area contributed by atoms with Gasteiger partial charge in [0.1, 0.15) is 16.9 Å². The van der Waals surface area contributed by atoms with E-state index in [1.807, 2.05) is 17.9 Å². The molecule has 4 nitrogen and oxygen atoms in total. The van der Waals surface area contributed by atoms with Gasteiger partial charge in [0.05, 0.1) is 6.33 Å². The van der Waals surface area contributed by atoms with Crippen LogP contribution in [0, 0.1) is 0 Å². The predicted octanol–water partition coefficient (Wildman–Crippen LogP) is 1.09. The van der Waals surface area contributed by atoms with E-state index < -0.39 is 0 Å². The summed E-state index contributed by atoms with van der Waals surface area (Å²) < 4.78 is 1.89. The predicted molar refractivity (Wildman–Crippen MR) is 48.1 cm³/mol. The maximum Gasteiger partial charge on any atom is 0.164 e. The summed E-state index contributed by atoms with van der Waals surface area (Å²) in [6.07, 6.45) is 5.30. The summed E-state index contributed by atoms with van der Waals surface area (Å²) in [6.45, 7) is 0. The highest BCUT2D eigenvalue weighted by Gasteiger charge is 2.05. The van der Waals surface area contributed by atoms with Crippen LogP contribution in [0.15, 0.2) is 17.7 Å². The lowest BCUT2D eigenvalue weighted by atomic mass is 10.5. The largest absolute Gasteiger partial charge is 0.318 e. The Balaban J connectivity index is 2.81. The highest BCUT2D eigenvalue weighted by Crippen LogP contribution is 2.19. The van der Waals surface area contributed by atoms with Gasteiger partial charge in [0.2, 0.25) is 0 Å². The van der Waals surface area contributed by atoms with Crippen molar-refractivity contribution in [2.24, 2.45) is 7.05 Å². The van der Waals surface area contributed by atoms with Gasteiger partial charge >= 0.3 is 0 Å². The van der Waals surface area contributed by atoms with Crippen molar-refractivity contribution in [3.8, 4) is 0 Å². The van der Waals surface area contributed by atoms with Gasteiger partial charge in [-0.15, -0.1) is 11.8 Å². The van der Waals surface area contributed by atoms with Crippen molar-refractivity contribution in [3.05, 3.63) is 12.7 Å². The van der Waals surface area contributed by atoms with Crippen molar-refractivity contribution < 1.29 is 0 Å². The molecule has 62 valence electrons. The van der Waals surface area contributed by atoms with E-state index >= 15 is 0 Å². The summed E-state index contributed by atoms with van der Waals surface area (Å²) in [6, 6.07) is 0. The number of rotatable bonds is 1. The molecular weight excluding hydrogens is 172 g/mol. The molecule has 2 aromatic heterocycles. The summed E-state index contributed by atoms with van der Waals surface area (Å²) in [5.41, 5.74) is 1.77. The number of thioether (sulfide) groups is 1. The zero-order valence-electron chi connectivity index (χ0n) is 6.85. The van der Waals surface area contributed by atoms with Crippen molar-refractivity contribution in [1.82, 2.24) is 19.5 Å². The zero-order chi connectivity index (χ0) is 8.55. The van der Waals surface area contributed by atoms with Gasteiger partial charge in [0.15, 0.2) is 5.65 Å². The van der Waals surface area contributed by atoms with E-state index in [1.165, 1.54) is 0 Å². The first-order valence-electron chi connectivity index (χ1n) is 3.49. The van der Waals surface area contributed by atoms with E-state index in [9.17, 15) is 0 Å². The van der Waals surface area contributed by atoms with E-state index in [2.05, 4.69) is 15.0 Å². The SMILES string of the molecule is CSc1ncnc2c1ncn2C. The second-order valence-corrected chi connectivity index (χ2v) is 3.21. The van der Waals surface area contributed by atoms with E-state index in [0.29, 0.717) is 0 Å². The normalized spacial score (nSPS) is 10.8. The molecule has 0 aromatic carbocycles. The van der Waals surface area contributed by atoms with E-state index in [4.69, 9.17) is 0 Å². The average molecular weight is 180 g/mol. The lowest BCUT2D eigenvalue weighted by Gasteiger charge is -1.95. The summed E-state index contributed by atoms with van der Waals surface area (Å²) in [5, 5.41) is 0.931. The van der Waals surface area contributed by atoms with Gasteiger partial charge < -0.3 is 4.57 Å². The fourth-order valence-electron chi connectivity index (χ4n) is 1.07. The first-order chi connectivity index (χ1) is 5.83. The van der Waals surface area contributed by atoms with Crippen molar-refractivity contribution in [2.45, 2.75) is 5.03 Å². The van der Waals surface area contributed by atoms with Gasteiger partial charge in [0, 0.05) is 7.05 Å². The Kier molecular flexibility index (Phi) is 1.73. The second-order valence-electron chi connectivity index (χ2n) is 2.41. The topological polar surface area (TPSA) is 43.6 Å². The molecular formula is C7H8N4S. The number of nitrogens with zero attached hydrogens (tertiary/aromatic N) is 4. The quantitative estimate of drug-likeness (QED) is 0.486. The molecule has 0 atom stereocenters. The summed E-state index contributed by atoms with van der Waals surface area (Å²) in [5.74, 6) is 0. The molecule has 5 heteroatoms. The molecule has 0 aliphatic heterocycles. The zero-order valence-corrected chi connectivity index (χ0v) is 7.67. The van der Waals surface area contributed by atoms with Gasteiger partial charge in [-0.3, -0.25) is 0 Å². The highest BCUT2D eigenvalue weighted by atomic mass is 32.2. The van der Waals surface area contributed by atoms with Crippen LogP contribution >= 0.6 is 11.8 Å². The standard InChI is InChI=1S/C7H8N4S/c1-11-4-10-5-6(11)8-3-9-7(5)12-2/h3-4H,1-2H3. The molecule has 0 amide bonds. The lowest BCUT2D eigenvalue weighted by Crippen LogP contribution is -1.89. The molecule has 0 unspecified atom stereocenters. The Morgan fingerprint density at radius 3 is 2.92 bits per heavy atom. The van der Waals surface area contributed by atoms with E-state index in [1.54, 1.807) is 24.4 Å². The van der Waals surface area contributed by atoms with Crippen LogP contribution in [-0.2, 0) is 7.05 Å².